The lowest BCUT2D eigenvalue weighted by Crippen LogP contribution is -2.52. The van der Waals surface area contributed by atoms with Crippen LogP contribution in [0.15, 0.2) is 42.7 Å². The average molecular weight is 392 g/mol. The molecule has 1 aliphatic rings. The average Bonchev–Trinajstić information content (AvgIpc) is 3.13. The molecular formula is C23H29N5O. The maximum absolute atomic E-state index is 13.3. The van der Waals surface area contributed by atoms with Crippen LogP contribution in [0.1, 0.15) is 43.5 Å². The molecule has 3 heterocycles. The Bertz CT molecular complexity index is 1020. The molecule has 0 spiro atoms. The molecule has 152 valence electrons. The minimum absolute atomic E-state index is 0.0595. The molecule has 4 rings (SSSR count). The number of piperidine rings is 1. The Balaban J connectivity index is 1.63. The molecule has 0 radical (unpaired) electrons. The minimum atomic E-state index is -0.312. The summed E-state index contributed by atoms with van der Waals surface area (Å²) >= 11 is 0. The summed E-state index contributed by atoms with van der Waals surface area (Å²) in [4.78, 5) is 20.5. The number of hydrogen-bond acceptors (Lipinski definition) is 4. The van der Waals surface area contributed by atoms with Crippen molar-refractivity contribution < 1.29 is 4.79 Å². The van der Waals surface area contributed by atoms with E-state index < -0.39 is 0 Å². The normalized spacial score (nSPS) is 15.6. The quantitative estimate of drug-likeness (QED) is 0.721. The van der Waals surface area contributed by atoms with Crippen molar-refractivity contribution in [3.63, 3.8) is 0 Å². The van der Waals surface area contributed by atoms with Gasteiger partial charge in [-0.25, -0.2) is 4.98 Å². The molecule has 0 bridgehead atoms. The first-order chi connectivity index (χ1) is 13.9. The van der Waals surface area contributed by atoms with E-state index in [2.05, 4.69) is 29.2 Å². The zero-order chi connectivity index (χ0) is 20.4. The van der Waals surface area contributed by atoms with Crippen LogP contribution in [0, 0.1) is 0 Å². The summed E-state index contributed by atoms with van der Waals surface area (Å²) in [5.41, 5.74) is 2.82. The summed E-state index contributed by atoms with van der Waals surface area (Å²) in [6.07, 6.45) is 7.49. The van der Waals surface area contributed by atoms with E-state index in [-0.39, 0.29) is 11.4 Å². The van der Waals surface area contributed by atoms with Crippen LogP contribution in [0.4, 0.5) is 0 Å². The summed E-state index contributed by atoms with van der Waals surface area (Å²) in [6, 6.07) is 9.69. The van der Waals surface area contributed by atoms with Crippen molar-refractivity contribution in [3.8, 4) is 11.3 Å². The maximum atomic E-state index is 13.3. The Hall–Kier alpha value is -2.73. The van der Waals surface area contributed by atoms with Crippen molar-refractivity contribution in [3.05, 3.63) is 48.3 Å². The van der Waals surface area contributed by atoms with Gasteiger partial charge in [-0.3, -0.25) is 9.48 Å². The predicted octanol–water partition coefficient (Wildman–Crippen LogP) is 3.63. The number of fused-ring (bicyclic) bond motifs is 1. The number of nitrogens with one attached hydrogen (secondary N) is 1. The summed E-state index contributed by atoms with van der Waals surface area (Å²) in [5.74, 6) is -0.0595. The topological polar surface area (TPSA) is 63.1 Å². The van der Waals surface area contributed by atoms with Gasteiger partial charge in [0.1, 0.15) is 0 Å². The van der Waals surface area contributed by atoms with E-state index in [1.807, 2.05) is 43.6 Å². The van der Waals surface area contributed by atoms with Crippen molar-refractivity contribution in [1.29, 1.82) is 0 Å². The number of hydrogen-bond donors (Lipinski definition) is 1. The number of benzene rings is 1. The Kier molecular flexibility index (Phi) is 5.37. The standard InChI is InChI=1S/C23H29N5O/c1-23(2,16-28-11-7-4-8-12-28)26-22(29)19-13-21(17-14-24-27(3)15-17)25-20-10-6-5-9-18(19)20/h5-6,9-10,13-15H,4,7-8,11-12,16H2,1-3H3,(H,26,29). The molecule has 1 N–H and O–H groups in total. The lowest BCUT2D eigenvalue weighted by molar-refractivity contribution is 0.0880. The molecule has 6 heteroatoms. The van der Waals surface area contributed by atoms with Crippen LogP contribution in [-0.2, 0) is 7.05 Å². The van der Waals surface area contributed by atoms with E-state index in [1.54, 1.807) is 10.9 Å². The minimum Gasteiger partial charge on any atom is -0.346 e. The van der Waals surface area contributed by atoms with Gasteiger partial charge >= 0.3 is 0 Å². The van der Waals surface area contributed by atoms with Crippen LogP contribution in [0.2, 0.25) is 0 Å². The molecule has 0 aliphatic carbocycles. The fraction of sp³-hybridized carbons (Fsp3) is 0.435. The molecule has 0 unspecified atom stereocenters. The predicted molar refractivity (Wildman–Crippen MR) is 116 cm³/mol. The Morgan fingerprint density at radius 1 is 1.17 bits per heavy atom. The van der Waals surface area contributed by atoms with Gasteiger partial charge in [0, 0.05) is 36.3 Å². The molecule has 1 aromatic carbocycles. The number of aromatic nitrogens is 3. The highest BCUT2D eigenvalue weighted by molar-refractivity contribution is 6.07. The first-order valence-electron chi connectivity index (χ1n) is 10.3. The van der Waals surface area contributed by atoms with Gasteiger partial charge in [-0.1, -0.05) is 24.6 Å². The number of likely N-dealkylation sites (tertiary alicyclic amines) is 1. The van der Waals surface area contributed by atoms with E-state index in [0.29, 0.717) is 5.56 Å². The number of para-hydroxylation sites is 1. The second-order valence-electron chi connectivity index (χ2n) is 8.65. The van der Waals surface area contributed by atoms with Crippen LogP contribution < -0.4 is 5.32 Å². The maximum Gasteiger partial charge on any atom is 0.252 e. The highest BCUT2D eigenvalue weighted by atomic mass is 16.1. The largest absolute Gasteiger partial charge is 0.346 e. The highest BCUT2D eigenvalue weighted by Gasteiger charge is 2.26. The smallest absolute Gasteiger partial charge is 0.252 e. The fourth-order valence-corrected chi connectivity index (χ4v) is 4.16. The zero-order valence-electron chi connectivity index (χ0n) is 17.5. The number of amides is 1. The monoisotopic (exact) mass is 391 g/mol. The summed E-state index contributed by atoms with van der Waals surface area (Å²) < 4.78 is 1.74. The third kappa shape index (κ3) is 4.48. The lowest BCUT2D eigenvalue weighted by Gasteiger charge is -2.35. The van der Waals surface area contributed by atoms with Crippen LogP contribution in [-0.4, -0.2) is 50.7 Å². The van der Waals surface area contributed by atoms with Crippen molar-refractivity contribution in [2.75, 3.05) is 19.6 Å². The van der Waals surface area contributed by atoms with Gasteiger partial charge in [-0.2, -0.15) is 5.10 Å². The van der Waals surface area contributed by atoms with E-state index in [4.69, 9.17) is 4.98 Å². The molecule has 2 aromatic heterocycles. The number of aryl methyl sites for hydroxylation is 1. The van der Waals surface area contributed by atoms with Crippen molar-refractivity contribution in [2.45, 2.75) is 38.6 Å². The molecule has 1 amide bonds. The number of nitrogens with zero attached hydrogens (tertiary/aromatic N) is 4. The molecule has 1 fully saturated rings. The van der Waals surface area contributed by atoms with E-state index in [9.17, 15) is 4.79 Å². The molecule has 1 saturated heterocycles. The zero-order valence-corrected chi connectivity index (χ0v) is 17.5. The van der Waals surface area contributed by atoms with Crippen molar-refractivity contribution in [1.82, 2.24) is 25.0 Å². The second kappa shape index (κ2) is 7.95. The molecular weight excluding hydrogens is 362 g/mol. The lowest BCUT2D eigenvalue weighted by atomic mass is 10.00. The molecule has 3 aromatic rings. The second-order valence-corrected chi connectivity index (χ2v) is 8.65. The third-order valence-electron chi connectivity index (χ3n) is 5.48. The highest BCUT2D eigenvalue weighted by Crippen LogP contribution is 2.25. The van der Waals surface area contributed by atoms with Gasteiger partial charge in [-0.05, 0) is 51.9 Å². The number of carbonyl (C=O) groups is 1. The van der Waals surface area contributed by atoms with Crippen LogP contribution in [0.25, 0.3) is 22.2 Å². The van der Waals surface area contributed by atoms with Crippen molar-refractivity contribution in [2.24, 2.45) is 7.05 Å². The van der Waals surface area contributed by atoms with E-state index in [0.717, 1.165) is 41.8 Å². The first-order valence-corrected chi connectivity index (χ1v) is 10.3. The van der Waals surface area contributed by atoms with Gasteiger partial charge in [0.2, 0.25) is 0 Å². The summed E-state index contributed by atoms with van der Waals surface area (Å²) in [5, 5.41) is 8.38. The van der Waals surface area contributed by atoms with E-state index in [1.165, 1.54) is 19.3 Å². The van der Waals surface area contributed by atoms with E-state index >= 15 is 0 Å². The van der Waals surface area contributed by atoms with Crippen molar-refractivity contribution >= 4 is 16.8 Å². The van der Waals surface area contributed by atoms with Gasteiger partial charge in [-0.15, -0.1) is 0 Å². The van der Waals surface area contributed by atoms with Crippen LogP contribution in [0.3, 0.4) is 0 Å². The molecule has 0 saturated carbocycles. The number of rotatable bonds is 5. The number of pyridine rings is 1. The van der Waals surface area contributed by atoms with Gasteiger partial charge < -0.3 is 10.2 Å². The Labute approximate surface area is 171 Å². The Morgan fingerprint density at radius 2 is 1.93 bits per heavy atom. The summed E-state index contributed by atoms with van der Waals surface area (Å²) in [6.45, 7) is 7.29. The number of carbonyl (C=O) groups excluding carboxylic acids is 1. The molecule has 29 heavy (non-hydrogen) atoms. The van der Waals surface area contributed by atoms with Crippen LogP contribution in [0.5, 0.6) is 0 Å². The first kappa shape index (κ1) is 19.6. The molecule has 6 nitrogen and oxygen atoms in total. The van der Waals surface area contributed by atoms with Gasteiger partial charge in [0.25, 0.3) is 5.91 Å². The van der Waals surface area contributed by atoms with Gasteiger partial charge in [0.05, 0.1) is 23.0 Å². The molecule has 0 atom stereocenters. The molecule has 1 aliphatic heterocycles. The SMILES string of the molecule is Cn1cc(-c2cc(C(=O)NC(C)(C)CN3CCCCC3)c3ccccc3n2)cn1. The Morgan fingerprint density at radius 3 is 2.66 bits per heavy atom. The van der Waals surface area contributed by atoms with Gasteiger partial charge in [0.15, 0.2) is 0 Å². The third-order valence-corrected chi connectivity index (χ3v) is 5.48. The summed E-state index contributed by atoms with van der Waals surface area (Å²) in [7, 11) is 1.88. The fourth-order valence-electron chi connectivity index (χ4n) is 4.16. The van der Waals surface area contributed by atoms with Crippen LogP contribution >= 0.6 is 0 Å².